The highest BCUT2D eigenvalue weighted by Gasteiger charge is 2.18. The number of hydrogen-bond acceptors (Lipinski definition) is 4. The Morgan fingerprint density at radius 2 is 2.05 bits per heavy atom. The van der Waals surface area contributed by atoms with E-state index in [-0.39, 0.29) is 11.9 Å². The van der Waals surface area contributed by atoms with E-state index in [4.69, 9.17) is 5.73 Å². The molecule has 0 atom stereocenters. The van der Waals surface area contributed by atoms with Gasteiger partial charge in [0.15, 0.2) is 0 Å². The Hall–Kier alpha value is -1.75. The van der Waals surface area contributed by atoms with E-state index in [1.807, 2.05) is 36.0 Å². The van der Waals surface area contributed by atoms with Gasteiger partial charge in [-0.3, -0.25) is 4.79 Å². The summed E-state index contributed by atoms with van der Waals surface area (Å²) in [5.74, 6) is 2.56. The van der Waals surface area contributed by atoms with Crippen molar-refractivity contribution >= 4 is 34.4 Å². The highest BCUT2D eigenvalue weighted by molar-refractivity contribution is 7.99. The number of benzene rings is 1. The largest absolute Gasteiger partial charge is 0.384 e. The first-order valence-electron chi connectivity index (χ1n) is 6.78. The minimum atomic E-state index is -0.0489. The minimum absolute atomic E-state index is 0.0489. The molecule has 1 aliphatic rings. The van der Waals surface area contributed by atoms with Gasteiger partial charge in [0, 0.05) is 11.4 Å². The van der Waals surface area contributed by atoms with Crippen molar-refractivity contribution in [1.82, 2.24) is 10.3 Å². The average Bonchev–Trinajstić information content (AvgIpc) is 2.47. The van der Waals surface area contributed by atoms with Gasteiger partial charge >= 0.3 is 0 Å². The molecule has 0 radical (unpaired) electrons. The Kier molecular flexibility index (Phi) is 3.78. The van der Waals surface area contributed by atoms with Gasteiger partial charge in [-0.1, -0.05) is 18.2 Å². The highest BCUT2D eigenvalue weighted by Crippen LogP contribution is 2.21. The molecule has 0 saturated carbocycles. The van der Waals surface area contributed by atoms with Crippen LogP contribution in [-0.2, 0) is 0 Å². The van der Waals surface area contributed by atoms with Crippen LogP contribution in [0.3, 0.4) is 0 Å². The molecule has 104 valence electrons. The predicted octanol–water partition coefficient (Wildman–Crippen LogP) is 2.44. The smallest absolute Gasteiger partial charge is 0.252 e. The van der Waals surface area contributed by atoms with Gasteiger partial charge in [-0.2, -0.15) is 11.8 Å². The summed E-state index contributed by atoms with van der Waals surface area (Å²) < 4.78 is 0. The summed E-state index contributed by atoms with van der Waals surface area (Å²) in [5.41, 5.74) is 7.18. The van der Waals surface area contributed by atoms with Crippen molar-refractivity contribution in [2.75, 3.05) is 17.2 Å². The summed E-state index contributed by atoms with van der Waals surface area (Å²) in [6.45, 7) is 0. The van der Waals surface area contributed by atoms with Gasteiger partial charge in [0.2, 0.25) is 0 Å². The van der Waals surface area contributed by atoms with E-state index in [0.717, 1.165) is 35.3 Å². The number of anilines is 1. The molecule has 2 aromatic rings. The predicted molar refractivity (Wildman–Crippen MR) is 84.0 cm³/mol. The third-order valence-corrected chi connectivity index (χ3v) is 4.59. The van der Waals surface area contributed by atoms with E-state index < -0.39 is 0 Å². The van der Waals surface area contributed by atoms with Crippen LogP contribution in [0.5, 0.6) is 0 Å². The van der Waals surface area contributed by atoms with Crippen molar-refractivity contribution in [2.45, 2.75) is 18.9 Å². The summed E-state index contributed by atoms with van der Waals surface area (Å²) in [4.78, 5) is 16.7. The van der Waals surface area contributed by atoms with Crippen molar-refractivity contribution in [3.8, 4) is 0 Å². The van der Waals surface area contributed by atoms with Crippen molar-refractivity contribution in [3.63, 3.8) is 0 Å². The number of aromatic nitrogens is 1. The Morgan fingerprint density at radius 3 is 2.85 bits per heavy atom. The number of amides is 1. The van der Waals surface area contributed by atoms with Gasteiger partial charge < -0.3 is 11.1 Å². The number of thioether (sulfide) groups is 1. The fourth-order valence-corrected chi connectivity index (χ4v) is 3.60. The summed E-state index contributed by atoms with van der Waals surface area (Å²) in [7, 11) is 0. The molecular formula is C15H17N3OS. The molecule has 0 spiro atoms. The van der Waals surface area contributed by atoms with E-state index >= 15 is 0 Å². The molecule has 20 heavy (non-hydrogen) atoms. The maximum absolute atomic E-state index is 12.5. The second-order valence-electron chi connectivity index (χ2n) is 4.97. The number of nitrogens with one attached hydrogen (secondary N) is 1. The first kappa shape index (κ1) is 13.2. The van der Waals surface area contributed by atoms with E-state index in [1.54, 1.807) is 6.07 Å². The zero-order valence-corrected chi connectivity index (χ0v) is 12.0. The lowest BCUT2D eigenvalue weighted by Crippen LogP contribution is -2.37. The van der Waals surface area contributed by atoms with Crippen LogP contribution in [0, 0.1) is 0 Å². The standard InChI is InChI=1S/C15H17N3OS/c16-14-9-12(11-3-1-2-4-13(11)18-14)15(19)17-10-5-7-20-8-6-10/h1-4,9-10H,5-8H2,(H2,16,18)(H,17,19). The number of hydrogen-bond donors (Lipinski definition) is 2. The number of nitrogens with zero attached hydrogens (tertiary/aromatic N) is 1. The van der Waals surface area contributed by atoms with Crippen molar-refractivity contribution in [3.05, 3.63) is 35.9 Å². The SMILES string of the molecule is Nc1cc(C(=O)NC2CCSCC2)c2ccccc2n1. The maximum Gasteiger partial charge on any atom is 0.252 e. The number of nitrogens with two attached hydrogens (primary N) is 1. The van der Waals surface area contributed by atoms with Gasteiger partial charge in [0.1, 0.15) is 5.82 Å². The molecule has 3 rings (SSSR count). The van der Waals surface area contributed by atoms with Crippen LogP contribution in [0.2, 0.25) is 0 Å². The lowest BCUT2D eigenvalue weighted by molar-refractivity contribution is 0.0936. The van der Waals surface area contributed by atoms with Gasteiger partial charge in [0.05, 0.1) is 11.1 Å². The first-order valence-corrected chi connectivity index (χ1v) is 7.93. The van der Waals surface area contributed by atoms with E-state index in [1.165, 1.54) is 0 Å². The molecule has 5 heteroatoms. The van der Waals surface area contributed by atoms with Crippen molar-refractivity contribution in [2.24, 2.45) is 0 Å². The molecule has 0 bridgehead atoms. The molecular weight excluding hydrogens is 270 g/mol. The van der Waals surface area contributed by atoms with E-state index in [0.29, 0.717) is 11.4 Å². The molecule has 1 aliphatic heterocycles. The van der Waals surface area contributed by atoms with Gasteiger partial charge in [-0.15, -0.1) is 0 Å². The molecule has 1 aromatic carbocycles. The molecule has 1 amide bonds. The zero-order chi connectivity index (χ0) is 13.9. The number of nitrogen functional groups attached to an aromatic ring is 1. The van der Waals surface area contributed by atoms with Crippen LogP contribution in [-0.4, -0.2) is 28.4 Å². The fourth-order valence-electron chi connectivity index (χ4n) is 2.49. The summed E-state index contributed by atoms with van der Waals surface area (Å²) >= 11 is 1.95. The third-order valence-electron chi connectivity index (χ3n) is 3.54. The molecule has 0 unspecified atom stereocenters. The minimum Gasteiger partial charge on any atom is -0.384 e. The summed E-state index contributed by atoms with van der Waals surface area (Å²) in [6.07, 6.45) is 2.07. The molecule has 3 N–H and O–H groups in total. The lowest BCUT2D eigenvalue weighted by Gasteiger charge is -2.22. The Labute approximate surface area is 122 Å². The number of para-hydroxylation sites is 1. The van der Waals surface area contributed by atoms with Crippen LogP contribution in [0.4, 0.5) is 5.82 Å². The summed E-state index contributed by atoms with van der Waals surface area (Å²) in [5, 5.41) is 3.97. The topological polar surface area (TPSA) is 68.0 Å². The van der Waals surface area contributed by atoms with Crippen molar-refractivity contribution in [1.29, 1.82) is 0 Å². The van der Waals surface area contributed by atoms with Crippen molar-refractivity contribution < 1.29 is 4.79 Å². The number of rotatable bonds is 2. The van der Waals surface area contributed by atoms with Gasteiger partial charge in [-0.05, 0) is 36.5 Å². The van der Waals surface area contributed by atoms with Gasteiger partial charge in [-0.25, -0.2) is 4.98 Å². The van der Waals surface area contributed by atoms with E-state index in [2.05, 4.69) is 10.3 Å². The fraction of sp³-hybridized carbons (Fsp3) is 0.333. The average molecular weight is 287 g/mol. The molecule has 1 saturated heterocycles. The Morgan fingerprint density at radius 1 is 1.30 bits per heavy atom. The number of pyridine rings is 1. The van der Waals surface area contributed by atoms with Crippen LogP contribution in [0.25, 0.3) is 10.9 Å². The monoisotopic (exact) mass is 287 g/mol. The number of carbonyl (C=O) groups excluding carboxylic acids is 1. The third kappa shape index (κ3) is 2.72. The maximum atomic E-state index is 12.5. The number of carbonyl (C=O) groups is 1. The molecule has 1 aromatic heterocycles. The van der Waals surface area contributed by atoms with Crippen LogP contribution >= 0.6 is 11.8 Å². The molecule has 2 heterocycles. The number of fused-ring (bicyclic) bond motifs is 1. The quantitative estimate of drug-likeness (QED) is 0.890. The van der Waals surface area contributed by atoms with Crippen LogP contribution in [0.15, 0.2) is 30.3 Å². The normalized spacial score (nSPS) is 16.2. The molecule has 4 nitrogen and oxygen atoms in total. The van der Waals surface area contributed by atoms with E-state index in [9.17, 15) is 4.79 Å². The Bertz CT molecular complexity index is 638. The van der Waals surface area contributed by atoms with Crippen LogP contribution < -0.4 is 11.1 Å². The first-order chi connectivity index (χ1) is 9.74. The van der Waals surface area contributed by atoms with Crippen LogP contribution in [0.1, 0.15) is 23.2 Å². The molecule has 1 fully saturated rings. The lowest BCUT2D eigenvalue weighted by atomic mass is 10.1. The molecule has 0 aliphatic carbocycles. The second kappa shape index (κ2) is 5.71. The summed E-state index contributed by atoms with van der Waals surface area (Å²) in [6, 6.07) is 9.53. The Balaban J connectivity index is 1.90. The van der Waals surface area contributed by atoms with Gasteiger partial charge in [0.25, 0.3) is 5.91 Å². The highest BCUT2D eigenvalue weighted by atomic mass is 32.2. The second-order valence-corrected chi connectivity index (χ2v) is 6.20. The zero-order valence-electron chi connectivity index (χ0n) is 11.1.